The molecule has 0 heterocycles. The molecule has 0 saturated carbocycles. The van der Waals surface area contributed by atoms with Crippen LogP contribution in [-0.2, 0) is 4.79 Å². The van der Waals surface area contributed by atoms with Gasteiger partial charge < -0.3 is 10.1 Å². The van der Waals surface area contributed by atoms with E-state index in [2.05, 4.69) is 19.2 Å². The third-order valence-electron chi connectivity index (χ3n) is 3.34. The van der Waals surface area contributed by atoms with Crippen LogP contribution in [0.4, 0.5) is 11.4 Å². The summed E-state index contributed by atoms with van der Waals surface area (Å²) >= 11 is 5.73. The Balaban J connectivity index is 1.97. The summed E-state index contributed by atoms with van der Waals surface area (Å²) in [7, 11) is 0. The highest BCUT2D eigenvalue weighted by molar-refractivity contribution is 6.30. The van der Waals surface area contributed by atoms with E-state index in [-0.39, 0.29) is 23.1 Å². The van der Waals surface area contributed by atoms with E-state index < -0.39 is 10.8 Å². The van der Waals surface area contributed by atoms with Crippen LogP contribution in [0.25, 0.3) is 0 Å². The van der Waals surface area contributed by atoms with Crippen molar-refractivity contribution in [3.05, 3.63) is 63.2 Å². The lowest BCUT2D eigenvalue weighted by molar-refractivity contribution is -0.385. The first-order valence-electron chi connectivity index (χ1n) is 7.33. The molecule has 2 aromatic rings. The van der Waals surface area contributed by atoms with Crippen LogP contribution in [0.15, 0.2) is 42.5 Å². The second kappa shape index (κ2) is 7.79. The van der Waals surface area contributed by atoms with Crippen molar-refractivity contribution < 1.29 is 14.5 Å². The van der Waals surface area contributed by atoms with Crippen LogP contribution < -0.4 is 10.1 Å². The van der Waals surface area contributed by atoms with Gasteiger partial charge in [-0.3, -0.25) is 14.9 Å². The lowest BCUT2D eigenvalue weighted by Gasteiger charge is -2.09. The molecule has 0 bridgehead atoms. The normalized spacial score (nSPS) is 10.5. The van der Waals surface area contributed by atoms with E-state index in [0.717, 1.165) is 0 Å². The van der Waals surface area contributed by atoms with Crippen LogP contribution in [-0.4, -0.2) is 17.4 Å². The Morgan fingerprint density at radius 2 is 1.92 bits per heavy atom. The summed E-state index contributed by atoms with van der Waals surface area (Å²) in [5.41, 5.74) is 1.52. The first-order valence-corrected chi connectivity index (χ1v) is 7.71. The first kappa shape index (κ1) is 17.7. The van der Waals surface area contributed by atoms with Crippen molar-refractivity contribution in [2.45, 2.75) is 19.8 Å². The third kappa shape index (κ3) is 4.70. The number of nitrogens with one attached hydrogen (secondary N) is 1. The van der Waals surface area contributed by atoms with Crippen LogP contribution in [0.5, 0.6) is 5.75 Å². The van der Waals surface area contributed by atoms with E-state index in [1.165, 1.54) is 23.8 Å². The first-order chi connectivity index (χ1) is 11.4. The van der Waals surface area contributed by atoms with Gasteiger partial charge in [0.05, 0.1) is 4.92 Å². The van der Waals surface area contributed by atoms with E-state index >= 15 is 0 Å². The summed E-state index contributed by atoms with van der Waals surface area (Å²) in [6.45, 7) is 3.83. The fourth-order valence-electron chi connectivity index (χ4n) is 2.05. The predicted molar refractivity (Wildman–Crippen MR) is 92.8 cm³/mol. The van der Waals surface area contributed by atoms with Crippen molar-refractivity contribution in [2.24, 2.45) is 0 Å². The van der Waals surface area contributed by atoms with Crippen molar-refractivity contribution in [2.75, 3.05) is 11.9 Å². The number of hydrogen-bond acceptors (Lipinski definition) is 4. The Morgan fingerprint density at radius 3 is 2.50 bits per heavy atom. The lowest BCUT2D eigenvalue weighted by atomic mass is 10.0. The molecule has 0 fully saturated rings. The molecule has 6 nitrogen and oxygen atoms in total. The molecule has 0 aliphatic rings. The van der Waals surface area contributed by atoms with Gasteiger partial charge in [-0.15, -0.1) is 0 Å². The van der Waals surface area contributed by atoms with Gasteiger partial charge in [-0.05, 0) is 35.7 Å². The summed E-state index contributed by atoms with van der Waals surface area (Å²) in [6, 6.07) is 11.5. The molecule has 0 radical (unpaired) electrons. The summed E-state index contributed by atoms with van der Waals surface area (Å²) in [5.74, 6) is -0.00482. The highest BCUT2D eigenvalue weighted by Gasteiger charge is 2.16. The number of carbonyl (C=O) groups excluding carboxylic acids is 1. The van der Waals surface area contributed by atoms with Crippen molar-refractivity contribution in [1.29, 1.82) is 0 Å². The van der Waals surface area contributed by atoms with Crippen molar-refractivity contribution in [3.8, 4) is 5.75 Å². The molecule has 0 saturated heterocycles. The smallest absolute Gasteiger partial charge is 0.312 e. The number of nitro groups is 1. The van der Waals surface area contributed by atoms with Crippen LogP contribution in [0.2, 0.25) is 5.02 Å². The maximum atomic E-state index is 11.9. The molecule has 24 heavy (non-hydrogen) atoms. The standard InChI is InChI=1S/C17H17ClN2O4/c1-11(2)12-3-6-14(7-4-12)19-17(21)10-24-16-8-5-13(18)9-15(16)20(22)23/h3-9,11H,10H2,1-2H3,(H,19,21). The quantitative estimate of drug-likeness (QED) is 0.620. The van der Waals surface area contributed by atoms with Crippen molar-refractivity contribution in [3.63, 3.8) is 0 Å². The van der Waals surface area contributed by atoms with Crippen LogP contribution in [0, 0.1) is 10.1 Å². The molecule has 0 spiro atoms. The number of benzene rings is 2. The number of anilines is 1. The maximum absolute atomic E-state index is 11.9. The third-order valence-corrected chi connectivity index (χ3v) is 3.57. The zero-order chi connectivity index (χ0) is 17.7. The lowest BCUT2D eigenvalue weighted by Crippen LogP contribution is -2.20. The number of halogens is 1. The van der Waals surface area contributed by atoms with E-state index in [4.69, 9.17) is 16.3 Å². The fraction of sp³-hybridized carbons (Fsp3) is 0.235. The molecule has 126 valence electrons. The summed E-state index contributed by atoms with van der Waals surface area (Å²) in [6.07, 6.45) is 0. The number of amides is 1. The monoisotopic (exact) mass is 348 g/mol. The Hall–Kier alpha value is -2.60. The number of carbonyl (C=O) groups is 1. The van der Waals surface area contributed by atoms with Crippen LogP contribution in [0.3, 0.4) is 0 Å². The van der Waals surface area contributed by atoms with Gasteiger partial charge in [-0.1, -0.05) is 37.6 Å². The van der Waals surface area contributed by atoms with Crippen LogP contribution >= 0.6 is 11.6 Å². The van der Waals surface area contributed by atoms with Crippen molar-refractivity contribution >= 4 is 28.9 Å². The summed E-state index contributed by atoms with van der Waals surface area (Å²) in [4.78, 5) is 22.3. The Kier molecular flexibility index (Phi) is 5.76. The average Bonchev–Trinajstić information content (AvgIpc) is 2.54. The maximum Gasteiger partial charge on any atom is 0.312 e. The molecule has 0 aliphatic carbocycles. The van der Waals surface area contributed by atoms with Gasteiger partial charge in [0.15, 0.2) is 12.4 Å². The van der Waals surface area contributed by atoms with E-state index in [9.17, 15) is 14.9 Å². The Bertz CT molecular complexity index is 745. The minimum atomic E-state index is -0.607. The molecule has 1 amide bonds. The van der Waals surface area contributed by atoms with Gasteiger partial charge in [-0.25, -0.2) is 0 Å². The van der Waals surface area contributed by atoms with Crippen molar-refractivity contribution in [1.82, 2.24) is 0 Å². The molecular weight excluding hydrogens is 332 g/mol. The SMILES string of the molecule is CC(C)c1ccc(NC(=O)COc2ccc(Cl)cc2[N+](=O)[O-])cc1. The molecule has 2 rings (SSSR count). The van der Waals surface area contributed by atoms with Gasteiger partial charge in [0.2, 0.25) is 0 Å². The highest BCUT2D eigenvalue weighted by Crippen LogP contribution is 2.29. The highest BCUT2D eigenvalue weighted by atomic mass is 35.5. The van der Waals surface area contributed by atoms with Gasteiger partial charge in [0.25, 0.3) is 5.91 Å². The Labute approximate surface area is 144 Å². The zero-order valence-corrected chi connectivity index (χ0v) is 14.0. The van der Waals surface area contributed by atoms with Gasteiger partial charge in [0, 0.05) is 16.8 Å². The van der Waals surface area contributed by atoms with Gasteiger partial charge in [-0.2, -0.15) is 0 Å². The van der Waals surface area contributed by atoms with Gasteiger partial charge in [0.1, 0.15) is 0 Å². The number of nitro benzene ring substituents is 1. The number of nitrogens with zero attached hydrogens (tertiary/aromatic N) is 1. The molecule has 1 N–H and O–H groups in total. The minimum Gasteiger partial charge on any atom is -0.477 e. The number of rotatable bonds is 6. The van der Waals surface area contributed by atoms with Gasteiger partial charge >= 0.3 is 5.69 Å². The van der Waals surface area contributed by atoms with E-state index in [0.29, 0.717) is 11.6 Å². The predicted octanol–water partition coefficient (Wildman–Crippen LogP) is 4.39. The fourth-order valence-corrected chi connectivity index (χ4v) is 2.21. The largest absolute Gasteiger partial charge is 0.477 e. The minimum absolute atomic E-state index is 0.00490. The number of hydrogen-bond donors (Lipinski definition) is 1. The molecule has 7 heteroatoms. The average molecular weight is 349 g/mol. The molecular formula is C17H17ClN2O4. The van der Waals surface area contributed by atoms with Crippen LogP contribution in [0.1, 0.15) is 25.3 Å². The molecule has 0 aromatic heterocycles. The second-order valence-electron chi connectivity index (χ2n) is 5.48. The molecule has 2 aromatic carbocycles. The van der Waals surface area contributed by atoms with E-state index in [1.807, 2.05) is 12.1 Å². The Morgan fingerprint density at radius 1 is 1.25 bits per heavy atom. The molecule has 0 atom stereocenters. The van der Waals surface area contributed by atoms with E-state index in [1.54, 1.807) is 12.1 Å². The summed E-state index contributed by atoms with van der Waals surface area (Å²) in [5, 5.41) is 13.9. The molecule has 0 unspecified atom stereocenters. The summed E-state index contributed by atoms with van der Waals surface area (Å²) < 4.78 is 5.24. The number of ether oxygens (including phenoxy) is 1. The second-order valence-corrected chi connectivity index (χ2v) is 5.92. The zero-order valence-electron chi connectivity index (χ0n) is 13.3. The topological polar surface area (TPSA) is 81.5 Å². The molecule has 0 aliphatic heterocycles.